The molecule has 0 aliphatic heterocycles. The van der Waals surface area contributed by atoms with Gasteiger partial charge in [-0.3, -0.25) is 5.43 Å². The van der Waals surface area contributed by atoms with Crippen LogP contribution in [0.5, 0.6) is 11.5 Å². The van der Waals surface area contributed by atoms with Crippen LogP contribution >= 0.6 is 28.1 Å². The number of methoxy groups -OCH3 is 2. The molecule has 0 aliphatic rings. The van der Waals surface area contributed by atoms with Gasteiger partial charge in [0.2, 0.25) is 0 Å². The first kappa shape index (κ1) is 18.2. The van der Waals surface area contributed by atoms with Crippen molar-refractivity contribution in [2.75, 3.05) is 19.5 Å². The van der Waals surface area contributed by atoms with Gasteiger partial charge in [-0.1, -0.05) is 28.1 Å². The van der Waals surface area contributed by atoms with Crippen molar-refractivity contribution in [1.29, 1.82) is 0 Å². The summed E-state index contributed by atoms with van der Waals surface area (Å²) in [6, 6.07) is 13.4. The fourth-order valence-electron chi connectivity index (χ4n) is 1.99. The van der Waals surface area contributed by atoms with E-state index in [1.54, 1.807) is 26.4 Å². The molecule has 0 saturated carbocycles. The molecule has 0 fully saturated rings. The van der Waals surface area contributed by atoms with Gasteiger partial charge in [-0.15, -0.1) is 0 Å². The molecule has 0 amide bonds. The molecule has 0 atom stereocenters. The molecular weight excluding hydrogens is 390 g/mol. The number of nitrogens with zero attached hydrogens (tertiary/aromatic N) is 1. The Morgan fingerprint density at radius 3 is 2.50 bits per heavy atom. The van der Waals surface area contributed by atoms with E-state index in [0.29, 0.717) is 16.6 Å². The Hall–Kier alpha value is -2.12. The van der Waals surface area contributed by atoms with Crippen LogP contribution in [0.2, 0.25) is 0 Å². The molecule has 24 heavy (non-hydrogen) atoms. The summed E-state index contributed by atoms with van der Waals surface area (Å²) >= 11 is 8.70. The van der Waals surface area contributed by atoms with E-state index < -0.39 is 0 Å². The maximum absolute atomic E-state index is 5.27. The molecule has 0 unspecified atom stereocenters. The maximum Gasteiger partial charge on any atom is 0.191 e. The summed E-state index contributed by atoms with van der Waals surface area (Å²) in [5, 5.41) is 7.73. The van der Waals surface area contributed by atoms with Crippen molar-refractivity contribution in [3.05, 3.63) is 52.5 Å². The highest BCUT2D eigenvalue weighted by Crippen LogP contribution is 2.29. The SMILES string of the molecule is COc1ccc(NC(=S)N/N=C(/C)c2cccc(Br)c2)cc1OC. The lowest BCUT2D eigenvalue weighted by Gasteiger charge is -2.12. The van der Waals surface area contributed by atoms with Crippen LogP contribution in [-0.4, -0.2) is 25.0 Å². The molecule has 2 aromatic carbocycles. The summed E-state index contributed by atoms with van der Waals surface area (Å²) in [5.41, 5.74) is 5.45. The summed E-state index contributed by atoms with van der Waals surface area (Å²) in [6.45, 7) is 1.91. The van der Waals surface area contributed by atoms with Crippen LogP contribution in [0.25, 0.3) is 0 Å². The average Bonchev–Trinajstić information content (AvgIpc) is 2.59. The van der Waals surface area contributed by atoms with Gasteiger partial charge in [0.15, 0.2) is 16.6 Å². The smallest absolute Gasteiger partial charge is 0.191 e. The largest absolute Gasteiger partial charge is 0.493 e. The number of halogens is 1. The standard InChI is InChI=1S/C17H18BrN3O2S/c1-11(12-5-4-6-13(18)9-12)20-21-17(24)19-14-7-8-15(22-2)16(10-14)23-3/h4-10H,1-3H3,(H2,19,21,24)/b20-11-. The summed E-state index contributed by atoms with van der Waals surface area (Å²) < 4.78 is 11.5. The second-order valence-electron chi connectivity index (χ2n) is 4.84. The summed E-state index contributed by atoms with van der Waals surface area (Å²) in [4.78, 5) is 0. The van der Waals surface area contributed by atoms with Gasteiger partial charge >= 0.3 is 0 Å². The molecule has 0 saturated heterocycles. The average molecular weight is 408 g/mol. The van der Waals surface area contributed by atoms with E-state index in [0.717, 1.165) is 21.4 Å². The number of rotatable bonds is 5. The van der Waals surface area contributed by atoms with Crippen molar-refractivity contribution in [1.82, 2.24) is 5.43 Å². The summed E-state index contributed by atoms with van der Waals surface area (Å²) in [6.07, 6.45) is 0. The van der Waals surface area contributed by atoms with Gasteiger partial charge in [0.25, 0.3) is 0 Å². The summed E-state index contributed by atoms with van der Waals surface area (Å²) in [5.74, 6) is 1.28. The van der Waals surface area contributed by atoms with E-state index in [9.17, 15) is 0 Å². The van der Waals surface area contributed by atoms with Crippen LogP contribution in [0, 0.1) is 0 Å². The molecule has 0 spiro atoms. The lowest BCUT2D eigenvalue weighted by Crippen LogP contribution is -2.25. The molecule has 2 rings (SSSR count). The van der Waals surface area contributed by atoms with Crippen LogP contribution in [0.4, 0.5) is 5.69 Å². The number of thiocarbonyl (C=S) groups is 1. The topological polar surface area (TPSA) is 54.9 Å². The minimum Gasteiger partial charge on any atom is -0.493 e. The fraction of sp³-hybridized carbons (Fsp3) is 0.176. The van der Waals surface area contributed by atoms with Crippen molar-refractivity contribution >= 4 is 44.7 Å². The number of benzene rings is 2. The molecule has 0 heterocycles. The van der Waals surface area contributed by atoms with Crippen molar-refractivity contribution < 1.29 is 9.47 Å². The number of nitrogens with one attached hydrogen (secondary N) is 2. The molecular formula is C17H18BrN3O2S. The molecule has 2 N–H and O–H groups in total. The predicted octanol–water partition coefficient (Wildman–Crippen LogP) is 4.18. The van der Waals surface area contributed by atoms with Crippen LogP contribution in [0.3, 0.4) is 0 Å². The minimum atomic E-state index is 0.386. The quantitative estimate of drug-likeness (QED) is 0.442. The fourth-order valence-corrected chi connectivity index (χ4v) is 2.55. The van der Waals surface area contributed by atoms with Gasteiger partial charge in [-0.25, -0.2) is 0 Å². The zero-order valence-corrected chi connectivity index (χ0v) is 16.0. The highest BCUT2D eigenvalue weighted by Gasteiger charge is 2.05. The van der Waals surface area contributed by atoms with Gasteiger partial charge in [0.05, 0.1) is 19.9 Å². The Kier molecular flexibility index (Phi) is 6.57. The van der Waals surface area contributed by atoms with E-state index in [4.69, 9.17) is 21.7 Å². The maximum atomic E-state index is 5.27. The zero-order valence-electron chi connectivity index (χ0n) is 13.6. The van der Waals surface area contributed by atoms with Crippen LogP contribution < -0.4 is 20.2 Å². The van der Waals surface area contributed by atoms with Crippen LogP contribution in [0.1, 0.15) is 12.5 Å². The molecule has 2 aromatic rings. The first-order chi connectivity index (χ1) is 11.5. The third-order valence-corrected chi connectivity index (χ3v) is 3.90. The Labute approximate surface area is 155 Å². The highest BCUT2D eigenvalue weighted by molar-refractivity contribution is 9.10. The lowest BCUT2D eigenvalue weighted by atomic mass is 10.1. The van der Waals surface area contributed by atoms with Crippen molar-refractivity contribution in [2.45, 2.75) is 6.92 Å². The molecule has 0 aliphatic carbocycles. The Morgan fingerprint density at radius 2 is 1.83 bits per heavy atom. The van der Waals surface area contributed by atoms with Crippen molar-refractivity contribution in [3.63, 3.8) is 0 Å². The molecule has 5 nitrogen and oxygen atoms in total. The second-order valence-corrected chi connectivity index (χ2v) is 6.17. The molecule has 0 bridgehead atoms. The first-order valence-corrected chi connectivity index (χ1v) is 8.33. The van der Waals surface area contributed by atoms with Gasteiger partial charge in [-0.2, -0.15) is 5.10 Å². The zero-order chi connectivity index (χ0) is 17.5. The Balaban J connectivity index is 2.02. The van der Waals surface area contributed by atoms with Gasteiger partial charge in [0, 0.05) is 16.2 Å². The van der Waals surface area contributed by atoms with Gasteiger partial charge < -0.3 is 14.8 Å². The van der Waals surface area contributed by atoms with E-state index in [1.807, 2.05) is 37.3 Å². The van der Waals surface area contributed by atoms with Crippen molar-refractivity contribution in [3.8, 4) is 11.5 Å². The first-order valence-electron chi connectivity index (χ1n) is 7.12. The third kappa shape index (κ3) is 4.94. The predicted molar refractivity (Wildman–Crippen MR) is 105 cm³/mol. The second kappa shape index (κ2) is 8.65. The Bertz CT molecular complexity index is 765. The van der Waals surface area contributed by atoms with E-state index in [1.165, 1.54) is 0 Å². The summed E-state index contributed by atoms with van der Waals surface area (Å²) in [7, 11) is 3.18. The van der Waals surface area contributed by atoms with E-state index in [2.05, 4.69) is 31.8 Å². The van der Waals surface area contributed by atoms with Crippen molar-refractivity contribution in [2.24, 2.45) is 5.10 Å². The Morgan fingerprint density at radius 1 is 1.08 bits per heavy atom. The number of ether oxygens (including phenoxy) is 2. The minimum absolute atomic E-state index is 0.386. The molecule has 7 heteroatoms. The number of hydrogen-bond acceptors (Lipinski definition) is 4. The highest BCUT2D eigenvalue weighted by atomic mass is 79.9. The molecule has 0 aromatic heterocycles. The monoisotopic (exact) mass is 407 g/mol. The normalized spacial score (nSPS) is 10.9. The third-order valence-electron chi connectivity index (χ3n) is 3.21. The molecule has 0 radical (unpaired) electrons. The lowest BCUT2D eigenvalue weighted by molar-refractivity contribution is 0.355. The number of hydrogen-bond donors (Lipinski definition) is 2. The van der Waals surface area contributed by atoms with Crippen LogP contribution in [0.15, 0.2) is 52.0 Å². The molecule has 126 valence electrons. The van der Waals surface area contributed by atoms with E-state index >= 15 is 0 Å². The number of hydrazone groups is 1. The van der Waals surface area contributed by atoms with Gasteiger partial charge in [-0.05, 0) is 49.0 Å². The van der Waals surface area contributed by atoms with Crippen LogP contribution in [-0.2, 0) is 0 Å². The number of anilines is 1. The van der Waals surface area contributed by atoms with Gasteiger partial charge in [0.1, 0.15) is 0 Å². The van der Waals surface area contributed by atoms with E-state index in [-0.39, 0.29) is 0 Å².